The smallest absolute Gasteiger partial charge is 0.345 e. The fraction of sp³-hybridized carbons (Fsp3) is 0.375. The van der Waals surface area contributed by atoms with Crippen molar-refractivity contribution in [3.8, 4) is 0 Å². The van der Waals surface area contributed by atoms with Crippen LogP contribution in [0.3, 0.4) is 0 Å². The molecule has 0 spiro atoms. The first-order chi connectivity index (χ1) is 15.1. The molecule has 2 atom stereocenters. The van der Waals surface area contributed by atoms with Gasteiger partial charge in [-0.2, -0.15) is 5.10 Å². The number of fused-ring (bicyclic) bond motifs is 1. The van der Waals surface area contributed by atoms with Gasteiger partial charge >= 0.3 is 11.9 Å². The SMILES string of the molecule is Cl.NC1c2ccccc2CCC1CC(=O)OC(=O)c1ccc(C=NN2CCOCC2)cc1. The van der Waals surface area contributed by atoms with Crippen LogP contribution in [-0.2, 0) is 20.7 Å². The van der Waals surface area contributed by atoms with Crippen LogP contribution < -0.4 is 5.73 Å². The zero-order chi connectivity index (χ0) is 21.6. The second-order valence-electron chi connectivity index (χ2n) is 7.92. The first-order valence-corrected chi connectivity index (χ1v) is 10.7. The molecule has 2 aromatic carbocycles. The van der Waals surface area contributed by atoms with Gasteiger partial charge in [0.1, 0.15) is 0 Å². The predicted molar refractivity (Wildman–Crippen MR) is 124 cm³/mol. The largest absolute Gasteiger partial charge is 0.389 e. The minimum atomic E-state index is -0.647. The Morgan fingerprint density at radius 3 is 2.59 bits per heavy atom. The average molecular weight is 458 g/mol. The molecule has 0 saturated carbocycles. The van der Waals surface area contributed by atoms with Crippen molar-refractivity contribution in [2.75, 3.05) is 26.3 Å². The Bertz CT molecular complexity index is 958. The molecule has 170 valence electrons. The van der Waals surface area contributed by atoms with Crippen LogP contribution in [0.4, 0.5) is 0 Å². The number of aryl methyl sites for hydroxylation is 1. The number of carbonyl (C=O) groups is 2. The third-order valence-electron chi connectivity index (χ3n) is 5.85. The van der Waals surface area contributed by atoms with E-state index in [0.717, 1.165) is 37.1 Å². The molecule has 1 heterocycles. The summed E-state index contributed by atoms with van der Waals surface area (Å²) in [5.41, 5.74) is 9.86. The summed E-state index contributed by atoms with van der Waals surface area (Å²) in [5.74, 6) is -1.22. The fourth-order valence-corrected chi connectivity index (χ4v) is 4.03. The molecule has 1 saturated heterocycles. The lowest BCUT2D eigenvalue weighted by molar-refractivity contribution is -0.139. The van der Waals surface area contributed by atoms with Crippen LogP contribution >= 0.6 is 12.4 Å². The molecule has 7 nitrogen and oxygen atoms in total. The number of nitrogens with two attached hydrogens (primary N) is 1. The van der Waals surface area contributed by atoms with E-state index in [-0.39, 0.29) is 30.8 Å². The average Bonchev–Trinajstić information content (AvgIpc) is 2.80. The molecule has 4 rings (SSSR count). The van der Waals surface area contributed by atoms with Crippen molar-refractivity contribution in [3.05, 3.63) is 70.8 Å². The van der Waals surface area contributed by atoms with Crippen molar-refractivity contribution in [2.45, 2.75) is 25.3 Å². The summed E-state index contributed by atoms with van der Waals surface area (Å²) in [5, 5.41) is 6.35. The van der Waals surface area contributed by atoms with Crippen LogP contribution in [0.25, 0.3) is 0 Å². The van der Waals surface area contributed by atoms with Gasteiger partial charge in [0.25, 0.3) is 0 Å². The van der Waals surface area contributed by atoms with Gasteiger partial charge in [0, 0.05) is 6.04 Å². The number of hydrazone groups is 1. The monoisotopic (exact) mass is 457 g/mol. The maximum Gasteiger partial charge on any atom is 0.345 e. The Labute approximate surface area is 194 Å². The lowest BCUT2D eigenvalue weighted by Crippen LogP contribution is -2.32. The fourth-order valence-electron chi connectivity index (χ4n) is 4.03. The lowest BCUT2D eigenvalue weighted by Gasteiger charge is -2.30. The number of ether oxygens (including phenoxy) is 2. The van der Waals surface area contributed by atoms with E-state index in [4.69, 9.17) is 15.2 Å². The Balaban J connectivity index is 0.00000289. The van der Waals surface area contributed by atoms with Crippen molar-refractivity contribution >= 4 is 30.6 Å². The topological polar surface area (TPSA) is 94.2 Å². The van der Waals surface area contributed by atoms with Crippen molar-refractivity contribution in [2.24, 2.45) is 16.8 Å². The third-order valence-corrected chi connectivity index (χ3v) is 5.85. The molecule has 2 aromatic rings. The highest BCUT2D eigenvalue weighted by Crippen LogP contribution is 2.34. The molecule has 0 radical (unpaired) electrons. The van der Waals surface area contributed by atoms with Gasteiger partial charge in [0.2, 0.25) is 0 Å². The second kappa shape index (κ2) is 11.2. The summed E-state index contributed by atoms with van der Waals surface area (Å²) in [7, 11) is 0. The predicted octanol–water partition coefficient (Wildman–Crippen LogP) is 3.11. The zero-order valence-electron chi connectivity index (χ0n) is 17.8. The number of hydrogen-bond acceptors (Lipinski definition) is 7. The van der Waals surface area contributed by atoms with Crippen LogP contribution in [-0.4, -0.2) is 49.5 Å². The van der Waals surface area contributed by atoms with E-state index < -0.39 is 11.9 Å². The van der Waals surface area contributed by atoms with Gasteiger partial charge in [-0.25, -0.2) is 4.79 Å². The maximum atomic E-state index is 12.4. The van der Waals surface area contributed by atoms with Gasteiger partial charge in [-0.3, -0.25) is 9.80 Å². The first kappa shape index (κ1) is 23.9. The molecule has 0 aromatic heterocycles. The van der Waals surface area contributed by atoms with E-state index in [1.165, 1.54) is 5.56 Å². The molecule has 0 amide bonds. The Morgan fingerprint density at radius 1 is 1.12 bits per heavy atom. The van der Waals surface area contributed by atoms with Crippen molar-refractivity contribution in [3.63, 3.8) is 0 Å². The van der Waals surface area contributed by atoms with Gasteiger partial charge in [0.15, 0.2) is 0 Å². The molecule has 2 aliphatic rings. The van der Waals surface area contributed by atoms with Gasteiger partial charge in [-0.05, 0) is 47.6 Å². The van der Waals surface area contributed by atoms with Gasteiger partial charge in [0.05, 0.1) is 44.5 Å². The van der Waals surface area contributed by atoms with E-state index in [9.17, 15) is 9.59 Å². The van der Waals surface area contributed by atoms with Crippen LogP contribution in [0.15, 0.2) is 53.6 Å². The number of carbonyl (C=O) groups excluding carboxylic acids is 2. The molecular formula is C24H28ClN3O4. The minimum Gasteiger partial charge on any atom is -0.389 e. The number of esters is 2. The number of morpholine rings is 1. The minimum absolute atomic E-state index is 0. The highest BCUT2D eigenvalue weighted by Gasteiger charge is 2.29. The molecule has 1 aliphatic heterocycles. The molecule has 1 aliphatic carbocycles. The normalized spacial score (nSPS) is 20.3. The quantitative estimate of drug-likeness (QED) is 0.421. The number of rotatable bonds is 5. The Morgan fingerprint density at radius 2 is 1.84 bits per heavy atom. The molecule has 32 heavy (non-hydrogen) atoms. The third kappa shape index (κ3) is 5.94. The van der Waals surface area contributed by atoms with E-state index in [1.54, 1.807) is 30.5 Å². The zero-order valence-corrected chi connectivity index (χ0v) is 18.6. The number of nitrogens with zero attached hydrogens (tertiary/aromatic N) is 2. The van der Waals surface area contributed by atoms with Gasteiger partial charge in [-0.1, -0.05) is 36.4 Å². The standard InChI is InChI=1S/C24H27N3O4.ClH/c25-23-20(10-9-18-3-1-2-4-21(18)23)15-22(28)31-24(29)19-7-5-17(6-8-19)16-26-27-11-13-30-14-12-27;/h1-8,16,20,23H,9-15,25H2;1H. The van der Waals surface area contributed by atoms with Crippen LogP contribution in [0, 0.1) is 5.92 Å². The molecule has 2 unspecified atom stereocenters. The van der Waals surface area contributed by atoms with Crippen molar-refractivity contribution < 1.29 is 19.1 Å². The number of benzene rings is 2. The van der Waals surface area contributed by atoms with Crippen LogP contribution in [0.5, 0.6) is 0 Å². The Kier molecular flexibility index (Phi) is 8.39. The van der Waals surface area contributed by atoms with Crippen molar-refractivity contribution in [1.29, 1.82) is 0 Å². The molecule has 0 bridgehead atoms. The van der Waals surface area contributed by atoms with Crippen LogP contribution in [0.2, 0.25) is 0 Å². The van der Waals surface area contributed by atoms with Crippen LogP contribution in [0.1, 0.15) is 45.9 Å². The molecular weight excluding hydrogens is 430 g/mol. The summed E-state index contributed by atoms with van der Waals surface area (Å²) in [4.78, 5) is 24.7. The summed E-state index contributed by atoms with van der Waals surface area (Å²) in [6, 6.07) is 14.6. The highest BCUT2D eigenvalue weighted by molar-refractivity contribution is 5.97. The lowest BCUT2D eigenvalue weighted by atomic mass is 9.78. The summed E-state index contributed by atoms with van der Waals surface area (Å²) < 4.78 is 10.4. The number of hydrogen-bond donors (Lipinski definition) is 1. The van der Waals surface area contributed by atoms with Crippen molar-refractivity contribution in [1.82, 2.24) is 5.01 Å². The highest BCUT2D eigenvalue weighted by atomic mass is 35.5. The summed E-state index contributed by atoms with van der Waals surface area (Å²) in [6.45, 7) is 2.88. The molecule has 1 fully saturated rings. The number of halogens is 1. The van der Waals surface area contributed by atoms with Gasteiger partial charge < -0.3 is 15.2 Å². The summed E-state index contributed by atoms with van der Waals surface area (Å²) in [6.07, 6.45) is 3.56. The maximum absolute atomic E-state index is 12.4. The summed E-state index contributed by atoms with van der Waals surface area (Å²) >= 11 is 0. The second-order valence-corrected chi connectivity index (χ2v) is 7.92. The molecule has 2 N–H and O–H groups in total. The Hall–Kier alpha value is -2.74. The first-order valence-electron chi connectivity index (χ1n) is 10.7. The molecule has 8 heteroatoms. The van der Waals surface area contributed by atoms with E-state index in [2.05, 4.69) is 11.2 Å². The van der Waals surface area contributed by atoms with E-state index in [1.807, 2.05) is 23.2 Å². The van der Waals surface area contributed by atoms with E-state index >= 15 is 0 Å². The van der Waals surface area contributed by atoms with E-state index in [0.29, 0.717) is 18.8 Å². The van der Waals surface area contributed by atoms with Gasteiger partial charge in [-0.15, -0.1) is 12.4 Å².